The van der Waals surface area contributed by atoms with E-state index in [9.17, 15) is 19.8 Å². The molecule has 1 atom stereocenters. The number of aromatic nitrogens is 1. The predicted octanol–water partition coefficient (Wildman–Crippen LogP) is 6.91. The highest BCUT2D eigenvalue weighted by Crippen LogP contribution is 2.44. The van der Waals surface area contributed by atoms with E-state index < -0.39 is 23.5 Å². The molecular formula is C27H18Cl2N2O4S. The van der Waals surface area contributed by atoms with Gasteiger partial charge in [-0.15, -0.1) is 11.3 Å². The molecule has 2 N–H and O–H groups in total. The van der Waals surface area contributed by atoms with Crippen LogP contribution < -0.4 is 4.90 Å². The zero-order valence-corrected chi connectivity index (χ0v) is 21.1. The molecule has 0 bridgehead atoms. The maximum absolute atomic E-state index is 13.9. The number of aliphatic hydroxyl groups excluding tert-OH is 1. The molecule has 1 amide bonds. The van der Waals surface area contributed by atoms with Crippen LogP contribution in [0, 0.1) is 6.92 Å². The van der Waals surface area contributed by atoms with Crippen molar-refractivity contribution in [3.8, 4) is 16.3 Å². The number of phenolic OH excluding ortho intramolecular Hbond substituents is 1. The Bertz CT molecular complexity index is 1530. The van der Waals surface area contributed by atoms with Crippen LogP contribution in [0.2, 0.25) is 10.0 Å². The summed E-state index contributed by atoms with van der Waals surface area (Å²) < 4.78 is 0. The van der Waals surface area contributed by atoms with Crippen molar-refractivity contribution in [2.45, 2.75) is 13.0 Å². The Morgan fingerprint density at radius 1 is 1.00 bits per heavy atom. The lowest BCUT2D eigenvalue weighted by Crippen LogP contribution is -2.31. The van der Waals surface area contributed by atoms with Gasteiger partial charge in [0.1, 0.15) is 10.8 Å². The number of carbonyl (C=O) groups excluding carboxylic acids is 2. The molecule has 36 heavy (non-hydrogen) atoms. The second kappa shape index (κ2) is 9.43. The van der Waals surface area contributed by atoms with E-state index in [2.05, 4.69) is 4.98 Å². The number of aromatic hydroxyl groups is 1. The average Bonchev–Trinajstić information content (AvgIpc) is 3.39. The van der Waals surface area contributed by atoms with Crippen molar-refractivity contribution in [3.63, 3.8) is 0 Å². The van der Waals surface area contributed by atoms with E-state index >= 15 is 0 Å². The van der Waals surface area contributed by atoms with Gasteiger partial charge < -0.3 is 10.2 Å². The Morgan fingerprint density at radius 3 is 2.36 bits per heavy atom. The Kier molecular flexibility index (Phi) is 6.30. The number of halogens is 2. The minimum Gasteiger partial charge on any atom is -0.506 e. The smallest absolute Gasteiger partial charge is 0.294 e. The molecule has 1 unspecified atom stereocenters. The summed E-state index contributed by atoms with van der Waals surface area (Å²) in [6.45, 7) is 1.72. The highest BCUT2D eigenvalue weighted by atomic mass is 35.5. The fourth-order valence-electron chi connectivity index (χ4n) is 4.15. The molecule has 6 nitrogen and oxygen atoms in total. The number of carbonyl (C=O) groups is 2. The van der Waals surface area contributed by atoms with Gasteiger partial charge in [0, 0.05) is 16.3 Å². The Hall–Kier alpha value is -3.65. The minimum absolute atomic E-state index is 0.0505. The second-order valence-electron chi connectivity index (χ2n) is 8.16. The minimum atomic E-state index is -0.994. The summed E-state index contributed by atoms with van der Waals surface area (Å²) in [7, 11) is 0. The van der Waals surface area contributed by atoms with Crippen molar-refractivity contribution in [1.82, 2.24) is 4.98 Å². The van der Waals surface area contributed by atoms with Crippen molar-refractivity contribution in [2.75, 3.05) is 4.90 Å². The number of aryl methyl sites for hydroxylation is 1. The number of Topliss-reactive ketones (excluding diaryl/α,β-unsaturated/α-hetero) is 1. The third kappa shape index (κ3) is 4.15. The first-order valence-electron chi connectivity index (χ1n) is 10.8. The number of phenols is 1. The van der Waals surface area contributed by atoms with Crippen LogP contribution in [0.5, 0.6) is 5.75 Å². The first-order valence-corrected chi connectivity index (χ1v) is 12.4. The van der Waals surface area contributed by atoms with E-state index in [4.69, 9.17) is 23.2 Å². The van der Waals surface area contributed by atoms with Gasteiger partial charge in [-0.1, -0.05) is 59.6 Å². The van der Waals surface area contributed by atoms with Crippen LogP contribution in [-0.2, 0) is 4.79 Å². The molecule has 0 aliphatic carbocycles. The fraction of sp³-hybridized carbons (Fsp3) is 0.0741. The molecule has 0 saturated carbocycles. The molecule has 180 valence electrons. The maximum atomic E-state index is 13.9. The summed E-state index contributed by atoms with van der Waals surface area (Å²) in [6.07, 6.45) is 0. The van der Waals surface area contributed by atoms with Gasteiger partial charge in [-0.25, -0.2) is 4.98 Å². The van der Waals surface area contributed by atoms with Crippen LogP contribution >= 0.6 is 34.5 Å². The quantitative estimate of drug-likeness (QED) is 0.270. The molecule has 2 heterocycles. The molecule has 0 fully saturated rings. The third-order valence-electron chi connectivity index (χ3n) is 5.87. The Balaban J connectivity index is 1.65. The molecule has 0 radical (unpaired) electrons. The van der Waals surface area contributed by atoms with E-state index in [1.807, 2.05) is 30.3 Å². The van der Waals surface area contributed by atoms with Crippen LogP contribution in [0.25, 0.3) is 10.6 Å². The predicted molar refractivity (Wildman–Crippen MR) is 141 cm³/mol. The van der Waals surface area contributed by atoms with Crippen LogP contribution in [0.15, 0.2) is 84.1 Å². The SMILES string of the molecule is Cc1nc(-c2ccccc2)sc1C(=O)C1=C(O)C(=O)N(c2ccc(Cl)cc2)C1c1ccc(O)c(Cl)c1. The van der Waals surface area contributed by atoms with E-state index in [0.29, 0.717) is 31.9 Å². The van der Waals surface area contributed by atoms with Crippen molar-refractivity contribution in [1.29, 1.82) is 0 Å². The summed E-state index contributed by atoms with van der Waals surface area (Å²) in [6, 6.07) is 19.3. The van der Waals surface area contributed by atoms with Crippen molar-refractivity contribution in [2.24, 2.45) is 0 Å². The molecule has 3 aromatic carbocycles. The van der Waals surface area contributed by atoms with Gasteiger partial charge in [-0.05, 0) is 48.9 Å². The van der Waals surface area contributed by atoms with Crippen molar-refractivity contribution in [3.05, 3.63) is 110 Å². The number of rotatable bonds is 5. The topological polar surface area (TPSA) is 90.7 Å². The van der Waals surface area contributed by atoms with Crippen molar-refractivity contribution < 1.29 is 19.8 Å². The van der Waals surface area contributed by atoms with Crippen LogP contribution in [0.4, 0.5) is 5.69 Å². The van der Waals surface area contributed by atoms with E-state index in [1.54, 1.807) is 37.3 Å². The summed E-state index contributed by atoms with van der Waals surface area (Å²) in [5.74, 6) is -2.04. The van der Waals surface area contributed by atoms with E-state index in [1.165, 1.54) is 28.4 Å². The standard InChI is InChI=1S/C27H18Cl2N2O4S/c1-14-25(36-26(30-14)15-5-3-2-4-6-15)23(33)21-22(16-7-12-20(32)19(29)13-16)31(27(35)24(21)34)18-10-8-17(28)9-11-18/h2-13,22,32,34H,1H3. The largest absolute Gasteiger partial charge is 0.506 e. The van der Waals surface area contributed by atoms with Crippen LogP contribution in [0.1, 0.15) is 27.0 Å². The summed E-state index contributed by atoms with van der Waals surface area (Å²) >= 11 is 13.4. The highest BCUT2D eigenvalue weighted by molar-refractivity contribution is 7.17. The fourth-order valence-corrected chi connectivity index (χ4v) is 5.49. The molecule has 1 aliphatic rings. The summed E-state index contributed by atoms with van der Waals surface area (Å²) in [5.41, 5.74) is 2.13. The van der Waals surface area contributed by atoms with Gasteiger partial charge in [-0.3, -0.25) is 14.5 Å². The van der Waals surface area contributed by atoms with Gasteiger partial charge in [0.05, 0.1) is 27.2 Å². The van der Waals surface area contributed by atoms with Crippen LogP contribution in [-0.4, -0.2) is 26.9 Å². The zero-order valence-electron chi connectivity index (χ0n) is 18.8. The van der Waals surface area contributed by atoms with Gasteiger partial charge in [0.25, 0.3) is 5.91 Å². The number of benzene rings is 3. The van der Waals surface area contributed by atoms with Crippen molar-refractivity contribution >= 4 is 51.9 Å². The number of thiazole rings is 1. The second-order valence-corrected chi connectivity index (χ2v) is 10.00. The van der Waals surface area contributed by atoms with Gasteiger partial charge in [0.2, 0.25) is 5.78 Å². The molecular weight excluding hydrogens is 519 g/mol. The number of ketones is 1. The lowest BCUT2D eigenvalue weighted by molar-refractivity contribution is -0.117. The highest BCUT2D eigenvalue weighted by Gasteiger charge is 2.45. The van der Waals surface area contributed by atoms with Gasteiger partial charge >= 0.3 is 0 Å². The number of hydrogen-bond donors (Lipinski definition) is 2. The number of anilines is 1. The third-order valence-corrected chi connectivity index (χ3v) is 7.63. The Morgan fingerprint density at radius 2 is 1.69 bits per heavy atom. The lowest BCUT2D eigenvalue weighted by atomic mass is 9.94. The molecule has 1 aliphatic heterocycles. The molecule has 9 heteroatoms. The number of amides is 1. The average molecular weight is 537 g/mol. The number of nitrogens with zero attached hydrogens (tertiary/aromatic N) is 2. The monoisotopic (exact) mass is 536 g/mol. The number of hydrogen-bond acceptors (Lipinski definition) is 6. The summed E-state index contributed by atoms with van der Waals surface area (Å²) in [5, 5.41) is 22.1. The first-order chi connectivity index (χ1) is 17.3. The van der Waals surface area contributed by atoms with E-state index in [0.717, 1.165) is 5.56 Å². The normalized spacial score (nSPS) is 15.6. The first kappa shape index (κ1) is 24.1. The summed E-state index contributed by atoms with van der Waals surface area (Å²) in [4.78, 5) is 33.4. The number of aliphatic hydroxyl groups is 1. The molecule has 0 saturated heterocycles. The van der Waals surface area contributed by atoms with Crippen LogP contribution in [0.3, 0.4) is 0 Å². The lowest BCUT2D eigenvalue weighted by Gasteiger charge is -2.27. The molecule has 0 spiro atoms. The molecule has 1 aromatic heterocycles. The Labute approximate surface area is 220 Å². The van der Waals surface area contributed by atoms with Gasteiger partial charge in [-0.2, -0.15) is 0 Å². The molecule has 5 rings (SSSR count). The zero-order chi connectivity index (χ0) is 25.6. The maximum Gasteiger partial charge on any atom is 0.294 e. The van der Waals surface area contributed by atoms with Gasteiger partial charge in [0.15, 0.2) is 5.76 Å². The van der Waals surface area contributed by atoms with E-state index in [-0.39, 0.29) is 16.3 Å². The molecule has 4 aromatic rings.